The van der Waals surface area contributed by atoms with Crippen LogP contribution in [0.5, 0.6) is 0 Å². The first-order chi connectivity index (χ1) is 9.56. The molecule has 1 aliphatic rings. The zero-order valence-electron chi connectivity index (χ0n) is 10.8. The van der Waals surface area contributed by atoms with Crippen LogP contribution < -0.4 is 5.32 Å². The van der Waals surface area contributed by atoms with Crippen LogP contribution in [0.4, 0.5) is 10.8 Å². The summed E-state index contributed by atoms with van der Waals surface area (Å²) in [5.74, 6) is -1.27. The van der Waals surface area contributed by atoms with Crippen molar-refractivity contribution in [2.24, 2.45) is 0 Å². The van der Waals surface area contributed by atoms with Crippen LogP contribution in [0.25, 0.3) is 0 Å². The minimum Gasteiger partial charge on any atom is -0.481 e. The Morgan fingerprint density at radius 3 is 3.05 bits per heavy atom. The summed E-state index contributed by atoms with van der Waals surface area (Å²) in [4.78, 5) is 16.7. The minimum atomic E-state index is -0.797. The second-order valence-corrected chi connectivity index (χ2v) is 6.30. The van der Waals surface area contributed by atoms with Crippen LogP contribution >= 0.6 is 22.9 Å². The van der Waals surface area contributed by atoms with Gasteiger partial charge in [-0.2, -0.15) is 0 Å². The first kappa shape index (κ1) is 13.4. The van der Waals surface area contributed by atoms with Crippen LogP contribution in [0.15, 0.2) is 18.2 Å². The summed E-state index contributed by atoms with van der Waals surface area (Å²) >= 11 is 7.68. The molecule has 0 fully saturated rings. The normalized spacial score (nSPS) is 17.0. The molecule has 0 radical (unpaired) electrons. The predicted molar refractivity (Wildman–Crippen MR) is 80.3 cm³/mol. The topological polar surface area (TPSA) is 62.2 Å². The lowest BCUT2D eigenvalue weighted by Gasteiger charge is -2.09. The van der Waals surface area contributed by atoms with E-state index in [2.05, 4.69) is 10.3 Å². The Kier molecular flexibility index (Phi) is 3.40. The summed E-state index contributed by atoms with van der Waals surface area (Å²) in [5.41, 5.74) is 2.56. The van der Waals surface area contributed by atoms with E-state index in [-0.39, 0.29) is 0 Å². The van der Waals surface area contributed by atoms with Crippen molar-refractivity contribution in [1.82, 2.24) is 4.98 Å². The van der Waals surface area contributed by atoms with E-state index < -0.39 is 11.9 Å². The summed E-state index contributed by atoms with van der Waals surface area (Å²) in [6, 6.07) is 5.68. The molecule has 20 heavy (non-hydrogen) atoms. The lowest BCUT2D eigenvalue weighted by molar-refractivity contribution is -0.138. The third-order valence-electron chi connectivity index (χ3n) is 3.47. The number of rotatable bonds is 3. The number of carboxylic acid groups (broad SMARTS) is 1. The largest absolute Gasteiger partial charge is 0.481 e. The molecule has 0 aliphatic heterocycles. The molecule has 104 valence electrons. The lowest BCUT2D eigenvalue weighted by Crippen LogP contribution is -2.08. The van der Waals surface area contributed by atoms with Crippen molar-refractivity contribution in [3.05, 3.63) is 39.4 Å². The Labute approximate surface area is 125 Å². The number of aromatic nitrogens is 1. The van der Waals surface area contributed by atoms with Gasteiger partial charge in [-0.3, -0.25) is 4.79 Å². The molecule has 4 nitrogen and oxygen atoms in total. The number of para-hydroxylation sites is 1. The molecule has 1 aliphatic carbocycles. The second-order valence-electron chi connectivity index (χ2n) is 4.81. The number of hydrogen-bond acceptors (Lipinski definition) is 4. The van der Waals surface area contributed by atoms with E-state index in [0.717, 1.165) is 22.5 Å². The molecule has 2 aromatic rings. The third kappa shape index (κ3) is 2.27. The van der Waals surface area contributed by atoms with Gasteiger partial charge in [0.1, 0.15) is 5.92 Å². The van der Waals surface area contributed by atoms with Crippen LogP contribution in [-0.2, 0) is 11.2 Å². The van der Waals surface area contributed by atoms with Crippen molar-refractivity contribution < 1.29 is 9.90 Å². The van der Waals surface area contributed by atoms with Crippen LogP contribution in [-0.4, -0.2) is 16.1 Å². The van der Waals surface area contributed by atoms with E-state index in [1.807, 2.05) is 25.1 Å². The zero-order chi connectivity index (χ0) is 14.3. The predicted octanol–water partition coefficient (Wildman–Crippen LogP) is 3.96. The Morgan fingerprint density at radius 2 is 2.35 bits per heavy atom. The second kappa shape index (κ2) is 5.07. The quantitative estimate of drug-likeness (QED) is 0.901. The van der Waals surface area contributed by atoms with Crippen LogP contribution in [0, 0.1) is 6.92 Å². The number of fused-ring (bicyclic) bond motifs is 1. The molecule has 1 atom stereocenters. The van der Waals surface area contributed by atoms with Gasteiger partial charge in [0.05, 0.1) is 16.4 Å². The van der Waals surface area contributed by atoms with E-state index >= 15 is 0 Å². The summed E-state index contributed by atoms with van der Waals surface area (Å²) in [5, 5.41) is 13.7. The molecule has 2 N–H and O–H groups in total. The maximum absolute atomic E-state index is 11.2. The van der Waals surface area contributed by atoms with E-state index in [9.17, 15) is 9.90 Å². The van der Waals surface area contributed by atoms with Gasteiger partial charge in [0.25, 0.3) is 0 Å². The van der Waals surface area contributed by atoms with Gasteiger partial charge in [-0.15, -0.1) is 11.3 Å². The van der Waals surface area contributed by atoms with Crippen LogP contribution in [0.3, 0.4) is 0 Å². The smallest absolute Gasteiger partial charge is 0.312 e. The highest BCUT2D eigenvalue weighted by molar-refractivity contribution is 7.15. The fourth-order valence-electron chi connectivity index (χ4n) is 2.42. The number of thiazole rings is 1. The fourth-order valence-corrected chi connectivity index (χ4v) is 3.73. The SMILES string of the molecule is Cc1cccc(Cl)c1Nc1nc2c(s1)CCC2C(=O)O. The lowest BCUT2D eigenvalue weighted by atomic mass is 10.1. The van der Waals surface area contributed by atoms with Crippen molar-refractivity contribution in [3.63, 3.8) is 0 Å². The number of benzene rings is 1. The number of aliphatic carboxylic acids is 1. The van der Waals surface area contributed by atoms with Crippen LogP contribution in [0.2, 0.25) is 5.02 Å². The molecule has 3 rings (SSSR count). The van der Waals surface area contributed by atoms with Gasteiger partial charge in [-0.05, 0) is 31.4 Å². The summed E-state index contributed by atoms with van der Waals surface area (Å²) in [6.07, 6.45) is 1.43. The molecule has 1 aromatic heterocycles. The van der Waals surface area contributed by atoms with Gasteiger partial charge < -0.3 is 10.4 Å². The molecule has 0 spiro atoms. The van der Waals surface area contributed by atoms with Crippen molar-refractivity contribution >= 4 is 39.7 Å². The first-order valence-electron chi connectivity index (χ1n) is 6.31. The molecule has 1 heterocycles. The first-order valence-corrected chi connectivity index (χ1v) is 7.50. The number of hydrogen-bond donors (Lipinski definition) is 2. The maximum Gasteiger partial charge on any atom is 0.312 e. The molecule has 0 amide bonds. The molecular weight excluding hydrogens is 296 g/mol. The fraction of sp³-hybridized carbons (Fsp3) is 0.286. The van der Waals surface area contributed by atoms with Gasteiger partial charge in [-0.1, -0.05) is 23.7 Å². The average molecular weight is 309 g/mol. The molecule has 6 heteroatoms. The number of carbonyl (C=O) groups is 1. The van der Waals surface area contributed by atoms with Crippen molar-refractivity contribution in [2.75, 3.05) is 5.32 Å². The van der Waals surface area contributed by atoms with E-state index in [1.54, 1.807) is 0 Å². The molecule has 1 unspecified atom stereocenters. The monoisotopic (exact) mass is 308 g/mol. The molecule has 0 bridgehead atoms. The summed E-state index contributed by atoms with van der Waals surface area (Å²) in [7, 11) is 0. The number of nitrogens with zero attached hydrogens (tertiary/aromatic N) is 1. The number of anilines is 2. The Balaban J connectivity index is 1.91. The van der Waals surface area contributed by atoms with Gasteiger partial charge in [0.15, 0.2) is 5.13 Å². The molecular formula is C14H13ClN2O2S. The average Bonchev–Trinajstić information content (AvgIpc) is 2.92. The molecule has 0 saturated heterocycles. The van der Waals surface area contributed by atoms with E-state index in [1.165, 1.54) is 11.3 Å². The highest BCUT2D eigenvalue weighted by Crippen LogP contribution is 2.40. The van der Waals surface area contributed by atoms with E-state index in [4.69, 9.17) is 11.6 Å². The highest BCUT2D eigenvalue weighted by atomic mass is 35.5. The maximum atomic E-state index is 11.2. The standard InChI is InChI=1S/C14H13ClN2O2S/c1-7-3-2-4-9(15)11(7)16-14-17-12-8(13(18)19)5-6-10(12)20-14/h2-4,8H,5-6H2,1H3,(H,16,17)(H,18,19). The molecule has 0 saturated carbocycles. The minimum absolute atomic E-state index is 0.468. The zero-order valence-corrected chi connectivity index (χ0v) is 12.4. The van der Waals surface area contributed by atoms with Gasteiger partial charge in [0, 0.05) is 4.88 Å². The summed E-state index contributed by atoms with van der Waals surface area (Å²) < 4.78 is 0. The molecule has 1 aromatic carbocycles. The number of aryl methyl sites for hydroxylation is 2. The Hall–Kier alpha value is -1.59. The summed E-state index contributed by atoms with van der Waals surface area (Å²) in [6.45, 7) is 1.97. The third-order valence-corrected chi connectivity index (χ3v) is 4.83. The Bertz CT molecular complexity index is 664. The number of halogens is 1. The van der Waals surface area contributed by atoms with Gasteiger partial charge in [-0.25, -0.2) is 4.98 Å². The highest BCUT2D eigenvalue weighted by Gasteiger charge is 2.32. The van der Waals surface area contributed by atoms with Crippen molar-refractivity contribution in [1.29, 1.82) is 0 Å². The van der Waals surface area contributed by atoms with Gasteiger partial charge in [0.2, 0.25) is 0 Å². The van der Waals surface area contributed by atoms with Crippen molar-refractivity contribution in [2.45, 2.75) is 25.7 Å². The number of carboxylic acids is 1. The Morgan fingerprint density at radius 1 is 1.55 bits per heavy atom. The number of nitrogens with one attached hydrogen (secondary N) is 1. The van der Waals surface area contributed by atoms with Gasteiger partial charge >= 0.3 is 5.97 Å². The van der Waals surface area contributed by atoms with Crippen molar-refractivity contribution in [3.8, 4) is 0 Å². The van der Waals surface area contributed by atoms with Crippen LogP contribution in [0.1, 0.15) is 28.5 Å². The van der Waals surface area contributed by atoms with E-state index in [0.29, 0.717) is 22.3 Å².